The number of hydrogen-bond donors (Lipinski definition) is 2. The molecule has 0 saturated carbocycles. The van der Waals surface area contributed by atoms with Gasteiger partial charge in [-0.1, -0.05) is 13.2 Å². The molecule has 3 rings (SSSR count). The lowest BCUT2D eigenvalue weighted by molar-refractivity contribution is 0.0698. The van der Waals surface area contributed by atoms with Crippen LogP contribution in [0, 0.1) is 30.2 Å². The molecule has 5 nitrogen and oxygen atoms in total. The summed E-state index contributed by atoms with van der Waals surface area (Å²) in [4.78, 5) is 18.7. The Hall–Kier alpha value is -3.62. The van der Waals surface area contributed by atoms with E-state index in [0.29, 0.717) is 5.56 Å². The summed E-state index contributed by atoms with van der Waals surface area (Å²) in [5.74, 6) is -8.56. The summed E-state index contributed by atoms with van der Waals surface area (Å²) in [6.45, 7) is 11.5. The lowest BCUT2D eigenvalue weighted by Crippen LogP contribution is -2.22. The molecular formula is C21H17F4N3O2. The van der Waals surface area contributed by atoms with E-state index in [9.17, 15) is 27.5 Å². The molecule has 0 saturated heterocycles. The Labute approximate surface area is 169 Å². The molecule has 1 aromatic heterocycles. The predicted molar refractivity (Wildman–Crippen MR) is 105 cm³/mol. The van der Waals surface area contributed by atoms with E-state index in [1.807, 2.05) is 0 Å². The van der Waals surface area contributed by atoms with Crippen molar-refractivity contribution in [3.63, 3.8) is 0 Å². The number of imidazole rings is 1. The number of aryl methyl sites for hydroxylation is 1. The van der Waals surface area contributed by atoms with Crippen molar-refractivity contribution in [1.82, 2.24) is 9.97 Å². The van der Waals surface area contributed by atoms with Crippen molar-refractivity contribution >= 4 is 22.7 Å². The molecule has 0 bridgehead atoms. The third-order valence-electron chi connectivity index (χ3n) is 4.43. The average molecular weight is 419 g/mol. The van der Waals surface area contributed by atoms with Crippen LogP contribution in [0.1, 0.15) is 29.8 Å². The van der Waals surface area contributed by atoms with Crippen LogP contribution in [0.15, 0.2) is 36.7 Å². The SMILES string of the molecule is C=C(C)N(C(=C)C)c1c(F)c(F)c(-c2nc3c(C(=O)O)cc(C)cc3[nH]2)c(F)c1F. The maximum atomic E-state index is 14.9. The van der Waals surface area contributed by atoms with E-state index in [2.05, 4.69) is 23.1 Å². The topological polar surface area (TPSA) is 69.2 Å². The van der Waals surface area contributed by atoms with Crippen LogP contribution in [0.4, 0.5) is 23.2 Å². The Kier molecular flexibility index (Phi) is 5.15. The van der Waals surface area contributed by atoms with Gasteiger partial charge in [0.2, 0.25) is 0 Å². The number of allylic oxidation sites excluding steroid dienone is 2. The van der Waals surface area contributed by atoms with Crippen LogP contribution in [0.3, 0.4) is 0 Å². The van der Waals surface area contributed by atoms with E-state index < -0.39 is 46.3 Å². The van der Waals surface area contributed by atoms with Gasteiger partial charge in [0, 0.05) is 11.4 Å². The number of H-pyrrole nitrogens is 1. The molecule has 0 aliphatic heterocycles. The third kappa shape index (κ3) is 3.22. The van der Waals surface area contributed by atoms with E-state index in [1.54, 1.807) is 6.92 Å². The number of fused-ring (bicyclic) bond motifs is 1. The largest absolute Gasteiger partial charge is 0.478 e. The molecule has 0 unspecified atom stereocenters. The summed E-state index contributed by atoms with van der Waals surface area (Å²) in [6.07, 6.45) is 0. The summed E-state index contributed by atoms with van der Waals surface area (Å²) in [6, 6.07) is 2.82. The Morgan fingerprint density at radius 3 is 2.03 bits per heavy atom. The number of anilines is 1. The Balaban J connectivity index is 2.34. The smallest absolute Gasteiger partial charge is 0.337 e. The summed E-state index contributed by atoms with van der Waals surface area (Å²) in [5.41, 5.74) is -1.51. The first-order valence-electron chi connectivity index (χ1n) is 8.66. The molecule has 1 heterocycles. The molecule has 2 N–H and O–H groups in total. The highest BCUT2D eigenvalue weighted by atomic mass is 19.2. The molecule has 0 aliphatic carbocycles. The molecule has 9 heteroatoms. The van der Waals surface area contributed by atoms with E-state index in [0.717, 1.165) is 4.90 Å². The van der Waals surface area contributed by atoms with Gasteiger partial charge in [0.15, 0.2) is 23.3 Å². The van der Waals surface area contributed by atoms with Crippen molar-refractivity contribution in [2.24, 2.45) is 0 Å². The molecule has 30 heavy (non-hydrogen) atoms. The minimum absolute atomic E-state index is 0.0946. The number of hydrogen-bond acceptors (Lipinski definition) is 3. The molecule has 156 valence electrons. The summed E-state index contributed by atoms with van der Waals surface area (Å²) in [5, 5.41) is 9.34. The van der Waals surface area contributed by atoms with Gasteiger partial charge in [0.25, 0.3) is 0 Å². The first-order chi connectivity index (χ1) is 14.0. The molecule has 2 aromatic carbocycles. The molecule has 3 aromatic rings. The van der Waals surface area contributed by atoms with Crippen molar-refractivity contribution in [2.75, 3.05) is 4.90 Å². The van der Waals surface area contributed by atoms with E-state index >= 15 is 0 Å². The van der Waals surface area contributed by atoms with E-state index in [-0.39, 0.29) is 28.0 Å². The number of carboxylic acids is 1. The number of nitrogens with one attached hydrogen (secondary N) is 1. The lowest BCUT2D eigenvalue weighted by atomic mass is 10.1. The molecule has 0 aliphatic rings. The minimum atomic E-state index is -1.69. The zero-order valence-corrected chi connectivity index (χ0v) is 16.3. The molecule has 0 atom stereocenters. The van der Waals surface area contributed by atoms with Crippen molar-refractivity contribution in [2.45, 2.75) is 20.8 Å². The van der Waals surface area contributed by atoms with E-state index in [4.69, 9.17) is 0 Å². The van der Waals surface area contributed by atoms with Gasteiger partial charge < -0.3 is 15.0 Å². The fraction of sp³-hybridized carbons (Fsp3) is 0.143. The Bertz CT molecular complexity index is 1200. The Morgan fingerprint density at radius 2 is 1.57 bits per heavy atom. The first kappa shape index (κ1) is 21.1. The number of rotatable bonds is 5. The number of aromatic nitrogens is 2. The highest BCUT2D eigenvalue weighted by Crippen LogP contribution is 2.38. The van der Waals surface area contributed by atoms with Crippen LogP contribution >= 0.6 is 0 Å². The van der Waals surface area contributed by atoms with Crippen molar-refractivity contribution < 1.29 is 27.5 Å². The van der Waals surface area contributed by atoms with Crippen molar-refractivity contribution in [3.8, 4) is 11.4 Å². The summed E-state index contributed by atoms with van der Waals surface area (Å²) >= 11 is 0. The fourth-order valence-electron chi connectivity index (χ4n) is 3.28. The quantitative estimate of drug-likeness (QED) is 0.413. The summed E-state index contributed by atoms with van der Waals surface area (Å²) < 4.78 is 59.5. The summed E-state index contributed by atoms with van der Waals surface area (Å²) in [7, 11) is 0. The zero-order chi connectivity index (χ0) is 22.5. The molecule has 0 spiro atoms. The highest BCUT2D eigenvalue weighted by Gasteiger charge is 2.31. The number of carbonyl (C=O) groups is 1. The minimum Gasteiger partial charge on any atom is -0.478 e. The normalized spacial score (nSPS) is 11.0. The second kappa shape index (κ2) is 7.33. The van der Waals surface area contributed by atoms with Gasteiger partial charge in [-0.3, -0.25) is 0 Å². The Morgan fingerprint density at radius 1 is 1.03 bits per heavy atom. The number of benzene rings is 2. The monoisotopic (exact) mass is 419 g/mol. The van der Waals surface area contributed by atoms with Gasteiger partial charge in [-0.05, 0) is 38.5 Å². The zero-order valence-electron chi connectivity index (χ0n) is 16.3. The highest BCUT2D eigenvalue weighted by molar-refractivity contribution is 6.02. The van der Waals surface area contributed by atoms with Crippen molar-refractivity contribution in [1.29, 1.82) is 0 Å². The van der Waals surface area contributed by atoms with Crippen LogP contribution in [-0.4, -0.2) is 21.0 Å². The molecule has 0 radical (unpaired) electrons. The number of halogens is 4. The van der Waals surface area contributed by atoms with E-state index in [1.165, 1.54) is 26.0 Å². The van der Waals surface area contributed by atoms with Gasteiger partial charge in [-0.25, -0.2) is 27.3 Å². The number of nitrogens with zero attached hydrogens (tertiary/aromatic N) is 2. The van der Waals surface area contributed by atoms with Gasteiger partial charge in [0.05, 0.1) is 16.6 Å². The van der Waals surface area contributed by atoms with Gasteiger partial charge in [-0.15, -0.1) is 0 Å². The van der Waals surface area contributed by atoms with Gasteiger partial charge in [-0.2, -0.15) is 0 Å². The maximum absolute atomic E-state index is 14.9. The average Bonchev–Trinajstić information content (AvgIpc) is 3.05. The molecule has 0 fully saturated rings. The number of aromatic amines is 1. The molecule has 0 amide bonds. The van der Waals surface area contributed by atoms with Crippen LogP contribution in [0.2, 0.25) is 0 Å². The standard InChI is InChI=1S/C21H17F4N3O2/c1-8(2)28(9(3)4)19-16(24)14(22)13(15(23)17(19)25)20-26-12-7-10(5)6-11(21(29)30)18(12)27-20/h6-7H,1,3H2,2,4-5H3,(H,26,27)(H,29,30). The van der Waals surface area contributed by atoms with Crippen LogP contribution in [0.5, 0.6) is 0 Å². The van der Waals surface area contributed by atoms with Crippen molar-refractivity contribution in [3.05, 3.63) is 71.1 Å². The number of aromatic carboxylic acids is 1. The van der Waals surface area contributed by atoms with Crippen LogP contribution in [-0.2, 0) is 0 Å². The maximum Gasteiger partial charge on any atom is 0.337 e. The lowest BCUT2D eigenvalue weighted by Gasteiger charge is -2.26. The second-order valence-electron chi connectivity index (χ2n) is 6.88. The van der Waals surface area contributed by atoms with Crippen LogP contribution in [0.25, 0.3) is 22.4 Å². The third-order valence-corrected chi connectivity index (χ3v) is 4.43. The second-order valence-corrected chi connectivity index (χ2v) is 6.88. The first-order valence-corrected chi connectivity index (χ1v) is 8.66. The van der Waals surface area contributed by atoms with Gasteiger partial charge >= 0.3 is 5.97 Å². The van der Waals surface area contributed by atoms with Crippen LogP contribution < -0.4 is 4.90 Å². The predicted octanol–water partition coefficient (Wildman–Crippen LogP) is 5.67. The fourth-order valence-corrected chi connectivity index (χ4v) is 3.28. The number of carboxylic acid groups (broad SMARTS) is 1. The molecular weight excluding hydrogens is 402 g/mol. The van der Waals surface area contributed by atoms with Gasteiger partial charge in [0.1, 0.15) is 17.0 Å².